The molecule has 0 aliphatic carbocycles. The first-order chi connectivity index (χ1) is 9.51. The van der Waals surface area contributed by atoms with Gasteiger partial charge in [0.2, 0.25) is 5.91 Å². The number of rotatable bonds is 3. The Bertz CT molecular complexity index is 444. The summed E-state index contributed by atoms with van der Waals surface area (Å²) in [7, 11) is 1.57. The monoisotopic (exact) mass is 299 g/mol. The summed E-state index contributed by atoms with van der Waals surface area (Å²) in [6.45, 7) is 7.79. The predicted molar refractivity (Wildman–Crippen MR) is 77.8 cm³/mol. The number of carbonyl (C=O) groups excluding carboxylic acids is 2. The van der Waals surface area contributed by atoms with Crippen LogP contribution in [0.2, 0.25) is 0 Å². The van der Waals surface area contributed by atoms with E-state index in [9.17, 15) is 19.5 Å². The second kappa shape index (κ2) is 5.91. The van der Waals surface area contributed by atoms with E-state index in [4.69, 9.17) is 0 Å². The molecule has 0 aromatic rings. The molecule has 7 nitrogen and oxygen atoms in total. The van der Waals surface area contributed by atoms with Crippen molar-refractivity contribution in [2.75, 3.05) is 20.1 Å². The fraction of sp³-hybridized carbons (Fsp3) is 0.786. The third-order valence-electron chi connectivity index (χ3n) is 3.92. The van der Waals surface area contributed by atoms with Gasteiger partial charge in [-0.2, -0.15) is 0 Å². The predicted octanol–water partition coefficient (Wildman–Crippen LogP) is 0.653. The smallest absolute Gasteiger partial charge is 0.326 e. The van der Waals surface area contributed by atoms with Gasteiger partial charge in [0.05, 0.1) is 5.41 Å². The Morgan fingerprint density at radius 1 is 1.29 bits per heavy atom. The Morgan fingerprint density at radius 2 is 1.86 bits per heavy atom. The van der Waals surface area contributed by atoms with E-state index in [-0.39, 0.29) is 12.5 Å². The van der Waals surface area contributed by atoms with E-state index < -0.39 is 28.9 Å². The van der Waals surface area contributed by atoms with Crippen LogP contribution in [0, 0.1) is 10.8 Å². The van der Waals surface area contributed by atoms with Gasteiger partial charge < -0.3 is 20.6 Å². The van der Waals surface area contributed by atoms with Gasteiger partial charge in [0.1, 0.15) is 6.04 Å². The van der Waals surface area contributed by atoms with Gasteiger partial charge in [-0.05, 0) is 18.8 Å². The van der Waals surface area contributed by atoms with Gasteiger partial charge in [-0.15, -0.1) is 0 Å². The minimum Gasteiger partial charge on any atom is -0.480 e. The molecule has 1 fully saturated rings. The molecule has 3 amide bonds. The summed E-state index contributed by atoms with van der Waals surface area (Å²) in [5.41, 5.74) is -1.21. The van der Waals surface area contributed by atoms with Crippen LogP contribution < -0.4 is 10.6 Å². The highest BCUT2D eigenvalue weighted by atomic mass is 16.4. The second-order valence-electron chi connectivity index (χ2n) is 6.90. The Balaban J connectivity index is 2.74. The zero-order valence-electron chi connectivity index (χ0n) is 13.3. The highest BCUT2D eigenvalue weighted by molar-refractivity contribution is 5.86. The first-order valence-corrected chi connectivity index (χ1v) is 7.02. The van der Waals surface area contributed by atoms with Crippen molar-refractivity contribution in [3.05, 3.63) is 0 Å². The molecule has 1 rings (SSSR count). The van der Waals surface area contributed by atoms with Crippen molar-refractivity contribution in [1.82, 2.24) is 15.5 Å². The standard InChI is InChI=1S/C14H25N3O4/c1-13(2,3)9(10(18)19)16-12(21)17-7-6-14(4,8-17)11(20)15-5/h9H,6-8H2,1-5H3,(H,15,20)(H,16,21)(H,18,19). The molecule has 2 unspecified atom stereocenters. The van der Waals surface area contributed by atoms with Crippen LogP contribution in [-0.4, -0.2) is 54.1 Å². The lowest BCUT2D eigenvalue weighted by molar-refractivity contribution is -0.142. The first-order valence-electron chi connectivity index (χ1n) is 7.02. The number of amides is 3. The second-order valence-corrected chi connectivity index (χ2v) is 6.90. The summed E-state index contributed by atoms with van der Waals surface area (Å²) < 4.78 is 0. The van der Waals surface area contributed by atoms with Crippen LogP contribution in [0.5, 0.6) is 0 Å². The van der Waals surface area contributed by atoms with Crippen molar-refractivity contribution in [1.29, 1.82) is 0 Å². The van der Waals surface area contributed by atoms with Crippen LogP contribution in [0.15, 0.2) is 0 Å². The number of urea groups is 1. The van der Waals surface area contributed by atoms with Crippen LogP contribution >= 0.6 is 0 Å². The number of hydrogen-bond donors (Lipinski definition) is 3. The van der Waals surface area contributed by atoms with E-state index >= 15 is 0 Å². The fourth-order valence-electron chi connectivity index (χ4n) is 2.48. The highest BCUT2D eigenvalue weighted by Crippen LogP contribution is 2.30. The first kappa shape index (κ1) is 17.3. The summed E-state index contributed by atoms with van der Waals surface area (Å²) in [6, 6.07) is -1.41. The molecule has 7 heteroatoms. The SMILES string of the molecule is CNC(=O)C1(C)CCN(C(=O)NC(C(=O)O)C(C)(C)C)C1. The normalized spacial score (nSPS) is 23.6. The molecule has 0 aromatic heterocycles. The number of carbonyl (C=O) groups is 3. The number of carboxylic acids is 1. The summed E-state index contributed by atoms with van der Waals surface area (Å²) in [5.74, 6) is -1.17. The van der Waals surface area contributed by atoms with E-state index in [1.807, 2.05) is 0 Å². The molecule has 3 N–H and O–H groups in total. The Hall–Kier alpha value is -1.79. The number of aliphatic carboxylic acids is 1. The summed E-state index contributed by atoms with van der Waals surface area (Å²) in [5, 5.41) is 14.4. The molecule has 21 heavy (non-hydrogen) atoms. The minimum atomic E-state index is -1.07. The van der Waals surface area contributed by atoms with Crippen LogP contribution in [0.1, 0.15) is 34.1 Å². The summed E-state index contributed by atoms with van der Waals surface area (Å²) >= 11 is 0. The van der Waals surface area contributed by atoms with Crippen molar-refractivity contribution >= 4 is 17.9 Å². The zero-order valence-corrected chi connectivity index (χ0v) is 13.3. The molecule has 120 valence electrons. The maximum Gasteiger partial charge on any atom is 0.326 e. The van der Waals surface area contributed by atoms with Crippen molar-refractivity contribution in [3.63, 3.8) is 0 Å². The molecule has 2 atom stereocenters. The van der Waals surface area contributed by atoms with Gasteiger partial charge in [0.25, 0.3) is 0 Å². The van der Waals surface area contributed by atoms with Gasteiger partial charge >= 0.3 is 12.0 Å². The number of nitrogens with one attached hydrogen (secondary N) is 2. The quantitative estimate of drug-likeness (QED) is 0.712. The van der Waals surface area contributed by atoms with Crippen molar-refractivity contribution < 1.29 is 19.5 Å². The van der Waals surface area contributed by atoms with Gasteiger partial charge in [0, 0.05) is 20.1 Å². The Morgan fingerprint density at radius 3 is 2.29 bits per heavy atom. The van der Waals surface area contributed by atoms with Crippen LogP contribution in [-0.2, 0) is 9.59 Å². The van der Waals surface area contributed by atoms with Crippen molar-refractivity contribution in [2.45, 2.75) is 40.2 Å². The lowest BCUT2D eigenvalue weighted by Gasteiger charge is -2.30. The average Bonchev–Trinajstić information content (AvgIpc) is 2.77. The molecule has 0 spiro atoms. The molecule has 1 aliphatic rings. The molecule has 0 saturated carbocycles. The number of carboxylic acid groups (broad SMARTS) is 1. The van der Waals surface area contributed by atoms with Gasteiger partial charge in [-0.3, -0.25) is 4.79 Å². The van der Waals surface area contributed by atoms with E-state index in [2.05, 4.69) is 10.6 Å². The zero-order chi connectivity index (χ0) is 16.4. The molecule has 1 saturated heterocycles. The van der Waals surface area contributed by atoms with Gasteiger partial charge in [-0.1, -0.05) is 20.8 Å². The van der Waals surface area contributed by atoms with E-state index in [0.717, 1.165) is 0 Å². The molecular weight excluding hydrogens is 274 g/mol. The van der Waals surface area contributed by atoms with Crippen molar-refractivity contribution in [2.24, 2.45) is 10.8 Å². The average molecular weight is 299 g/mol. The number of likely N-dealkylation sites (tertiary alicyclic amines) is 1. The Labute approximate surface area is 125 Å². The lowest BCUT2D eigenvalue weighted by atomic mass is 9.87. The summed E-state index contributed by atoms with van der Waals surface area (Å²) in [4.78, 5) is 36.8. The van der Waals surface area contributed by atoms with Gasteiger partial charge in [-0.25, -0.2) is 9.59 Å². The lowest BCUT2D eigenvalue weighted by Crippen LogP contribution is -2.53. The molecular formula is C14H25N3O4. The fourth-order valence-corrected chi connectivity index (χ4v) is 2.48. The topological polar surface area (TPSA) is 98.7 Å². The van der Waals surface area contributed by atoms with Crippen LogP contribution in [0.3, 0.4) is 0 Å². The number of nitrogens with zero attached hydrogens (tertiary/aromatic N) is 1. The number of hydrogen-bond acceptors (Lipinski definition) is 3. The minimum absolute atomic E-state index is 0.108. The molecule has 0 aromatic carbocycles. The van der Waals surface area contributed by atoms with Crippen LogP contribution in [0.25, 0.3) is 0 Å². The highest BCUT2D eigenvalue weighted by Gasteiger charge is 2.43. The van der Waals surface area contributed by atoms with Crippen LogP contribution in [0.4, 0.5) is 4.79 Å². The van der Waals surface area contributed by atoms with E-state index in [1.54, 1.807) is 34.7 Å². The summed E-state index contributed by atoms with van der Waals surface area (Å²) in [6.07, 6.45) is 0.563. The third kappa shape index (κ3) is 3.86. The molecule has 0 radical (unpaired) electrons. The maximum absolute atomic E-state index is 12.2. The van der Waals surface area contributed by atoms with E-state index in [0.29, 0.717) is 13.0 Å². The Kier molecular flexibility index (Phi) is 4.86. The molecule has 1 heterocycles. The maximum atomic E-state index is 12.2. The molecule has 0 bridgehead atoms. The molecule has 1 aliphatic heterocycles. The third-order valence-corrected chi connectivity index (χ3v) is 3.92. The van der Waals surface area contributed by atoms with Crippen molar-refractivity contribution in [3.8, 4) is 0 Å². The van der Waals surface area contributed by atoms with Gasteiger partial charge in [0.15, 0.2) is 0 Å². The van der Waals surface area contributed by atoms with E-state index in [1.165, 1.54) is 4.90 Å². The largest absolute Gasteiger partial charge is 0.480 e.